The van der Waals surface area contributed by atoms with Crippen LogP contribution in [0.2, 0.25) is 5.02 Å². The zero-order chi connectivity index (χ0) is 16.5. The van der Waals surface area contributed by atoms with Gasteiger partial charge in [0.25, 0.3) is 10.0 Å². The second-order valence-electron chi connectivity index (χ2n) is 4.15. The summed E-state index contributed by atoms with van der Waals surface area (Å²) in [6.07, 6.45) is 0. The maximum Gasteiger partial charge on any atom is 0.267 e. The number of anilines is 1. The molecule has 9 heteroatoms. The second-order valence-corrected chi connectivity index (χ2v) is 6.18. The van der Waals surface area contributed by atoms with E-state index in [0.29, 0.717) is 0 Å². The molecule has 0 bridgehead atoms. The lowest BCUT2D eigenvalue weighted by molar-refractivity contribution is 0.402. The third kappa shape index (κ3) is 3.28. The highest BCUT2D eigenvalue weighted by Crippen LogP contribution is 2.27. The van der Waals surface area contributed by atoms with Crippen molar-refractivity contribution in [2.24, 2.45) is 0 Å². The predicted octanol–water partition coefficient (Wildman–Crippen LogP) is 3.57. The van der Waals surface area contributed by atoms with Crippen LogP contribution >= 0.6 is 11.6 Å². The first-order chi connectivity index (χ1) is 10.2. The molecular formula is C13H9ClF3NO3S. The van der Waals surface area contributed by atoms with Crippen LogP contribution in [0.25, 0.3) is 0 Å². The fourth-order valence-corrected chi connectivity index (χ4v) is 3.03. The molecule has 4 nitrogen and oxygen atoms in total. The number of sulfonamides is 1. The van der Waals surface area contributed by atoms with Crippen molar-refractivity contribution in [1.29, 1.82) is 0 Å². The van der Waals surface area contributed by atoms with Crippen LogP contribution < -0.4 is 9.46 Å². The molecule has 0 radical (unpaired) electrons. The van der Waals surface area contributed by atoms with Crippen LogP contribution in [0.1, 0.15) is 0 Å². The van der Waals surface area contributed by atoms with Gasteiger partial charge in [0, 0.05) is 12.1 Å². The maximum absolute atomic E-state index is 13.8. The van der Waals surface area contributed by atoms with Gasteiger partial charge in [-0.25, -0.2) is 21.6 Å². The zero-order valence-corrected chi connectivity index (χ0v) is 12.6. The van der Waals surface area contributed by atoms with Crippen LogP contribution in [0.15, 0.2) is 35.2 Å². The summed E-state index contributed by atoms with van der Waals surface area (Å²) < 4.78 is 71.4. The summed E-state index contributed by atoms with van der Waals surface area (Å²) >= 11 is 5.52. The van der Waals surface area contributed by atoms with Crippen molar-refractivity contribution in [2.45, 2.75) is 4.90 Å². The van der Waals surface area contributed by atoms with Crippen LogP contribution in [0.4, 0.5) is 18.9 Å². The lowest BCUT2D eigenvalue weighted by Crippen LogP contribution is -2.16. The highest BCUT2D eigenvalue weighted by Gasteiger charge is 2.25. The Morgan fingerprint density at radius 1 is 1.05 bits per heavy atom. The first kappa shape index (κ1) is 16.4. The molecule has 0 atom stereocenters. The van der Waals surface area contributed by atoms with Crippen molar-refractivity contribution in [2.75, 3.05) is 11.8 Å². The van der Waals surface area contributed by atoms with Crippen molar-refractivity contribution in [3.05, 3.63) is 52.8 Å². The Kier molecular flexibility index (Phi) is 4.52. The minimum absolute atomic E-state index is 0.138. The van der Waals surface area contributed by atoms with Gasteiger partial charge in [-0.1, -0.05) is 11.6 Å². The summed E-state index contributed by atoms with van der Waals surface area (Å²) in [7, 11) is -3.38. The van der Waals surface area contributed by atoms with Crippen LogP contribution in [0, 0.1) is 17.5 Å². The minimum Gasteiger partial charge on any atom is -0.497 e. The average molecular weight is 352 g/mol. The number of nitrogens with one attached hydrogen (secondary N) is 1. The summed E-state index contributed by atoms with van der Waals surface area (Å²) in [6, 6.07) is 4.43. The molecule has 118 valence electrons. The standard InChI is InChI=1S/C13H9ClF3NO3S/c1-21-8-5-11(16)13(12(17)6-8)22(19,20)18-7-2-3-10(15)9(14)4-7/h2-6,18H,1H3. The fourth-order valence-electron chi connectivity index (χ4n) is 1.68. The van der Waals surface area contributed by atoms with E-state index >= 15 is 0 Å². The van der Waals surface area contributed by atoms with Gasteiger partial charge in [0.1, 0.15) is 23.2 Å². The number of benzene rings is 2. The van der Waals surface area contributed by atoms with E-state index in [-0.39, 0.29) is 16.5 Å². The van der Waals surface area contributed by atoms with Crippen molar-refractivity contribution >= 4 is 27.3 Å². The van der Waals surface area contributed by atoms with Crippen molar-refractivity contribution in [3.8, 4) is 5.75 Å². The maximum atomic E-state index is 13.8. The van der Waals surface area contributed by atoms with E-state index in [2.05, 4.69) is 4.74 Å². The number of hydrogen-bond acceptors (Lipinski definition) is 3. The quantitative estimate of drug-likeness (QED) is 0.916. The Morgan fingerprint density at radius 3 is 2.14 bits per heavy atom. The summed E-state index contributed by atoms with van der Waals surface area (Å²) in [4.78, 5) is -1.17. The normalized spacial score (nSPS) is 11.3. The number of rotatable bonds is 4. The highest BCUT2D eigenvalue weighted by molar-refractivity contribution is 7.92. The van der Waals surface area contributed by atoms with Gasteiger partial charge >= 0.3 is 0 Å². The molecule has 0 aromatic heterocycles. The van der Waals surface area contributed by atoms with E-state index in [4.69, 9.17) is 11.6 Å². The van der Waals surface area contributed by atoms with E-state index in [1.54, 1.807) is 0 Å². The molecule has 0 aliphatic carbocycles. The molecule has 2 aromatic carbocycles. The van der Waals surface area contributed by atoms with Gasteiger partial charge in [-0.05, 0) is 18.2 Å². The van der Waals surface area contributed by atoms with Crippen LogP contribution in [-0.4, -0.2) is 15.5 Å². The molecule has 0 aliphatic rings. The number of methoxy groups -OCH3 is 1. The van der Waals surface area contributed by atoms with Gasteiger partial charge in [-0.15, -0.1) is 0 Å². The largest absolute Gasteiger partial charge is 0.497 e. The molecule has 2 rings (SSSR count). The molecule has 0 spiro atoms. The SMILES string of the molecule is COc1cc(F)c(S(=O)(=O)Nc2ccc(F)c(Cl)c2)c(F)c1. The van der Waals surface area contributed by atoms with Gasteiger partial charge in [0.15, 0.2) is 4.90 Å². The first-order valence-electron chi connectivity index (χ1n) is 5.75. The Bertz CT molecular complexity index is 804. The predicted molar refractivity (Wildman–Crippen MR) is 75.1 cm³/mol. The molecule has 22 heavy (non-hydrogen) atoms. The summed E-state index contributed by atoms with van der Waals surface area (Å²) in [5.41, 5.74) is -0.138. The third-order valence-electron chi connectivity index (χ3n) is 2.65. The monoisotopic (exact) mass is 351 g/mol. The average Bonchev–Trinajstić information content (AvgIpc) is 2.41. The third-order valence-corrected chi connectivity index (χ3v) is 4.37. The molecule has 2 aromatic rings. The minimum atomic E-state index is -4.57. The van der Waals surface area contributed by atoms with Crippen molar-refractivity contribution < 1.29 is 26.3 Å². The molecule has 0 saturated heterocycles. The Balaban J connectivity index is 2.44. The van der Waals surface area contributed by atoms with E-state index in [1.165, 1.54) is 7.11 Å². The Hall–Kier alpha value is -1.93. The molecule has 0 heterocycles. The van der Waals surface area contributed by atoms with E-state index in [9.17, 15) is 21.6 Å². The number of hydrogen-bond donors (Lipinski definition) is 1. The smallest absolute Gasteiger partial charge is 0.267 e. The highest BCUT2D eigenvalue weighted by atomic mass is 35.5. The van der Waals surface area contributed by atoms with Crippen LogP contribution in [0.5, 0.6) is 5.75 Å². The Labute approximate surface area is 129 Å². The molecule has 0 unspecified atom stereocenters. The van der Waals surface area contributed by atoms with Crippen molar-refractivity contribution in [3.63, 3.8) is 0 Å². The van der Waals surface area contributed by atoms with Gasteiger partial charge in [-0.2, -0.15) is 0 Å². The summed E-state index contributed by atoms with van der Waals surface area (Å²) in [6.45, 7) is 0. The molecular weight excluding hydrogens is 343 g/mol. The number of halogens is 4. The van der Waals surface area contributed by atoms with E-state index < -0.39 is 32.4 Å². The summed E-state index contributed by atoms with van der Waals surface area (Å²) in [5.74, 6) is -3.57. The van der Waals surface area contributed by atoms with Gasteiger partial charge in [0.05, 0.1) is 17.8 Å². The molecule has 1 N–H and O–H groups in total. The Morgan fingerprint density at radius 2 is 1.64 bits per heavy atom. The molecule has 0 fully saturated rings. The lowest BCUT2D eigenvalue weighted by atomic mass is 10.3. The van der Waals surface area contributed by atoms with Gasteiger partial charge in [-0.3, -0.25) is 4.72 Å². The summed E-state index contributed by atoms with van der Waals surface area (Å²) in [5, 5.41) is -0.337. The van der Waals surface area contributed by atoms with Crippen molar-refractivity contribution in [1.82, 2.24) is 0 Å². The zero-order valence-electron chi connectivity index (χ0n) is 11.0. The first-order valence-corrected chi connectivity index (χ1v) is 7.61. The second kappa shape index (κ2) is 6.05. The van der Waals surface area contributed by atoms with Crippen LogP contribution in [-0.2, 0) is 10.0 Å². The molecule has 0 saturated carbocycles. The fraction of sp³-hybridized carbons (Fsp3) is 0.0769. The topological polar surface area (TPSA) is 55.4 Å². The van der Waals surface area contributed by atoms with Gasteiger partial charge in [0.2, 0.25) is 0 Å². The van der Waals surface area contributed by atoms with Gasteiger partial charge < -0.3 is 4.74 Å². The van der Waals surface area contributed by atoms with E-state index in [1.807, 2.05) is 4.72 Å². The number of ether oxygens (including phenoxy) is 1. The lowest BCUT2D eigenvalue weighted by Gasteiger charge is -2.11. The molecule has 0 aliphatic heterocycles. The molecule has 0 amide bonds. The van der Waals surface area contributed by atoms with Crippen LogP contribution in [0.3, 0.4) is 0 Å². The van der Waals surface area contributed by atoms with E-state index in [0.717, 1.165) is 30.3 Å².